The van der Waals surface area contributed by atoms with Crippen molar-refractivity contribution >= 4 is 45.9 Å². The van der Waals surface area contributed by atoms with Gasteiger partial charge in [0.25, 0.3) is 0 Å². The van der Waals surface area contributed by atoms with Crippen LogP contribution < -0.4 is 10.1 Å². The van der Waals surface area contributed by atoms with Gasteiger partial charge in [-0.3, -0.25) is 4.99 Å². The minimum Gasteiger partial charge on any atom is -0.468 e. The molecule has 0 fully saturated rings. The lowest BCUT2D eigenvalue weighted by Crippen LogP contribution is -2.38. The molecule has 2 aromatic rings. The van der Waals surface area contributed by atoms with Crippen LogP contribution >= 0.6 is 39.9 Å². The van der Waals surface area contributed by atoms with Crippen molar-refractivity contribution in [2.45, 2.75) is 19.3 Å². The molecular weight excluding hydrogens is 554 g/mol. The van der Waals surface area contributed by atoms with Gasteiger partial charge in [-0.1, -0.05) is 6.07 Å². The molecule has 0 aliphatic carbocycles. The molecule has 0 aliphatic heterocycles. The van der Waals surface area contributed by atoms with Gasteiger partial charge in [-0.2, -0.15) is 13.2 Å². The number of hydrogen-bond donors (Lipinski definition) is 1. The molecule has 0 saturated heterocycles. The molecule has 2 rings (SSSR count). The van der Waals surface area contributed by atoms with Gasteiger partial charge >= 0.3 is 6.18 Å². The Kier molecular flexibility index (Phi) is 9.54. The molecule has 6 nitrogen and oxygen atoms in total. The second-order valence-corrected chi connectivity index (χ2v) is 6.80. The SMILES string of the molecule is CN=C(NCc1cccnc1OCC(F)(F)F)N(C)Cc1cc(Br)cn1C.I. The second-order valence-electron chi connectivity index (χ2n) is 5.89. The summed E-state index contributed by atoms with van der Waals surface area (Å²) in [7, 11) is 5.47. The Hall–Kier alpha value is -1.50. The van der Waals surface area contributed by atoms with Gasteiger partial charge in [0.1, 0.15) is 0 Å². The Balaban J connectivity index is 0.00000392. The van der Waals surface area contributed by atoms with E-state index in [-0.39, 0.29) is 36.4 Å². The molecule has 0 atom stereocenters. The summed E-state index contributed by atoms with van der Waals surface area (Å²) in [6.45, 7) is -0.547. The van der Waals surface area contributed by atoms with Crippen molar-refractivity contribution in [2.24, 2.45) is 12.0 Å². The zero-order valence-electron chi connectivity index (χ0n) is 15.6. The average molecular weight is 576 g/mol. The van der Waals surface area contributed by atoms with Gasteiger partial charge in [0.15, 0.2) is 12.6 Å². The molecule has 0 saturated carbocycles. The van der Waals surface area contributed by atoms with E-state index in [1.165, 1.54) is 6.20 Å². The number of aromatic nitrogens is 2. The maximum Gasteiger partial charge on any atom is 0.422 e. The zero-order valence-corrected chi connectivity index (χ0v) is 19.5. The fourth-order valence-electron chi connectivity index (χ4n) is 2.44. The molecule has 0 radical (unpaired) electrons. The number of rotatable bonds is 6. The molecule has 2 heterocycles. The van der Waals surface area contributed by atoms with Crippen molar-refractivity contribution < 1.29 is 17.9 Å². The minimum atomic E-state index is -4.41. The lowest BCUT2D eigenvalue weighted by molar-refractivity contribution is -0.154. The van der Waals surface area contributed by atoms with E-state index in [9.17, 15) is 13.2 Å². The fourth-order valence-corrected chi connectivity index (χ4v) is 3.01. The van der Waals surface area contributed by atoms with Crippen LogP contribution in [0.4, 0.5) is 13.2 Å². The number of alkyl halides is 3. The lowest BCUT2D eigenvalue weighted by Gasteiger charge is -2.22. The third-order valence-corrected chi connectivity index (χ3v) is 4.14. The molecule has 0 bridgehead atoms. The molecule has 156 valence electrons. The highest BCUT2D eigenvalue weighted by Gasteiger charge is 2.29. The smallest absolute Gasteiger partial charge is 0.422 e. The maximum atomic E-state index is 12.4. The normalized spacial score (nSPS) is 11.8. The van der Waals surface area contributed by atoms with Gasteiger partial charge in [0.05, 0.1) is 6.54 Å². The first-order valence-corrected chi connectivity index (χ1v) is 8.85. The second kappa shape index (κ2) is 10.9. The van der Waals surface area contributed by atoms with E-state index in [1.807, 2.05) is 35.8 Å². The van der Waals surface area contributed by atoms with Crippen LogP contribution in [-0.4, -0.2) is 47.3 Å². The molecule has 28 heavy (non-hydrogen) atoms. The van der Waals surface area contributed by atoms with E-state index >= 15 is 0 Å². The van der Waals surface area contributed by atoms with Crippen LogP contribution in [0.1, 0.15) is 11.3 Å². The van der Waals surface area contributed by atoms with Crippen LogP contribution in [0, 0.1) is 0 Å². The van der Waals surface area contributed by atoms with E-state index in [1.54, 1.807) is 19.2 Å². The van der Waals surface area contributed by atoms with Crippen molar-refractivity contribution in [2.75, 3.05) is 20.7 Å². The van der Waals surface area contributed by atoms with E-state index in [4.69, 9.17) is 4.74 Å². The number of guanidine groups is 1. The van der Waals surface area contributed by atoms with Crippen LogP contribution in [0.15, 0.2) is 40.1 Å². The largest absolute Gasteiger partial charge is 0.468 e. The number of pyridine rings is 1. The number of aliphatic imine (C=N–C) groups is 1. The van der Waals surface area contributed by atoms with E-state index in [2.05, 4.69) is 31.2 Å². The van der Waals surface area contributed by atoms with Crippen molar-refractivity contribution in [3.05, 3.63) is 46.3 Å². The zero-order chi connectivity index (χ0) is 20.0. The van der Waals surface area contributed by atoms with Gasteiger partial charge < -0.3 is 19.5 Å². The van der Waals surface area contributed by atoms with E-state index < -0.39 is 12.8 Å². The first-order valence-electron chi connectivity index (χ1n) is 8.05. The van der Waals surface area contributed by atoms with E-state index in [0.717, 1.165) is 10.2 Å². The van der Waals surface area contributed by atoms with Crippen molar-refractivity contribution in [3.8, 4) is 5.88 Å². The van der Waals surface area contributed by atoms with Crippen molar-refractivity contribution in [1.29, 1.82) is 0 Å². The Labute approximate surface area is 187 Å². The summed E-state index contributed by atoms with van der Waals surface area (Å²) in [4.78, 5) is 10.0. The molecule has 0 aromatic carbocycles. The van der Waals surface area contributed by atoms with E-state index in [0.29, 0.717) is 18.1 Å². The quantitative estimate of drug-likeness (QED) is 0.322. The highest BCUT2D eigenvalue weighted by Crippen LogP contribution is 2.20. The van der Waals surface area contributed by atoms with Gasteiger partial charge in [-0.15, -0.1) is 24.0 Å². The third-order valence-electron chi connectivity index (χ3n) is 3.71. The summed E-state index contributed by atoms with van der Waals surface area (Å²) in [5.74, 6) is 0.546. The Morgan fingerprint density at radius 3 is 2.71 bits per heavy atom. The molecule has 0 aliphatic rings. The topological polar surface area (TPSA) is 54.7 Å². The predicted octanol–water partition coefficient (Wildman–Crippen LogP) is 3.95. The molecule has 0 amide bonds. The van der Waals surface area contributed by atoms with Crippen LogP contribution in [-0.2, 0) is 20.1 Å². The fraction of sp³-hybridized carbons (Fsp3) is 0.412. The summed E-state index contributed by atoms with van der Waals surface area (Å²) in [5.41, 5.74) is 1.58. The van der Waals surface area contributed by atoms with Gasteiger partial charge in [0, 0.05) is 55.8 Å². The molecule has 0 unspecified atom stereocenters. The molecule has 0 spiro atoms. The van der Waals surface area contributed by atoms with Crippen molar-refractivity contribution in [3.63, 3.8) is 0 Å². The van der Waals surface area contributed by atoms with Gasteiger partial charge in [-0.05, 0) is 28.1 Å². The first-order chi connectivity index (χ1) is 12.7. The number of aryl methyl sites for hydroxylation is 1. The predicted molar refractivity (Wildman–Crippen MR) is 116 cm³/mol. The Morgan fingerprint density at radius 2 is 2.14 bits per heavy atom. The molecule has 11 heteroatoms. The number of nitrogens with zero attached hydrogens (tertiary/aromatic N) is 4. The summed E-state index contributed by atoms with van der Waals surface area (Å²) in [5, 5.41) is 3.12. The Bertz CT molecular complexity index is 797. The van der Waals surface area contributed by atoms with Crippen LogP contribution in [0.3, 0.4) is 0 Å². The molecule has 1 N–H and O–H groups in total. The lowest BCUT2D eigenvalue weighted by atomic mass is 10.2. The average Bonchev–Trinajstić information content (AvgIpc) is 2.91. The number of halogens is 5. The highest BCUT2D eigenvalue weighted by molar-refractivity contribution is 14.0. The Morgan fingerprint density at radius 1 is 1.43 bits per heavy atom. The standard InChI is InChI=1S/C17H21BrF3N5O.HI/c1-22-16(26(3)10-14-7-13(18)9-25(14)2)24-8-12-5-4-6-23-15(12)27-11-17(19,20)21;/h4-7,9H,8,10-11H2,1-3H3,(H,22,24);1H. The number of hydrogen-bond acceptors (Lipinski definition) is 3. The monoisotopic (exact) mass is 575 g/mol. The summed E-state index contributed by atoms with van der Waals surface area (Å²) in [6.07, 6.45) is -1.06. The van der Waals surface area contributed by atoms with Crippen molar-refractivity contribution in [1.82, 2.24) is 19.8 Å². The van der Waals surface area contributed by atoms with Crippen LogP contribution in [0.5, 0.6) is 5.88 Å². The summed E-state index contributed by atoms with van der Waals surface area (Å²) >= 11 is 3.44. The number of ether oxygens (including phenoxy) is 1. The molecule has 2 aromatic heterocycles. The maximum absolute atomic E-state index is 12.4. The number of nitrogens with one attached hydrogen (secondary N) is 1. The van der Waals surface area contributed by atoms with Crippen LogP contribution in [0.2, 0.25) is 0 Å². The third kappa shape index (κ3) is 7.49. The van der Waals surface area contributed by atoms with Gasteiger partial charge in [-0.25, -0.2) is 4.98 Å². The summed E-state index contributed by atoms with van der Waals surface area (Å²) < 4.78 is 45.0. The molecular formula is C17H22BrF3IN5O. The summed E-state index contributed by atoms with van der Waals surface area (Å²) in [6, 6.07) is 5.31. The first kappa shape index (κ1) is 24.5. The highest BCUT2D eigenvalue weighted by atomic mass is 127. The van der Waals surface area contributed by atoms with Gasteiger partial charge in [0.2, 0.25) is 5.88 Å². The van der Waals surface area contributed by atoms with Crippen LogP contribution in [0.25, 0.3) is 0 Å². The minimum absolute atomic E-state index is 0.